The standard InChI is InChI=1S/C19H18O2/c1-13(2)19(20)21-18-16-9-5-3-7-14(16)11-12-15-8-4-6-10-17(15)18/h3-10,18H,1,11-12H2,2H3. The van der Waals surface area contributed by atoms with Gasteiger partial charge in [-0.3, -0.25) is 0 Å². The van der Waals surface area contributed by atoms with Crippen LogP contribution >= 0.6 is 0 Å². The molecule has 21 heavy (non-hydrogen) atoms. The van der Waals surface area contributed by atoms with Gasteiger partial charge in [0.25, 0.3) is 0 Å². The van der Waals surface area contributed by atoms with Crippen LogP contribution in [-0.4, -0.2) is 5.97 Å². The fourth-order valence-electron chi connectivity index (χ4n) is 2.81. The van der Waals surface area contributed by atoms with Gasteiger partial charge >= 0.3 is 5.97 Å². The molecular weight excluding hydrogens is 260 g/mol. The number of rotatable bonds is 2. The minimum absolute atomic E-state index is 0.341. The number of carbonyl (C=O) groups excluding carboxylic acids is 1. The molecule has 0 amide bonds. The summed E-state index contributed by atoms with van der Waals surface area (Å²) in [4.78, 5) is 12.0. The van der Waals surface area contributed by atoms with Gasteiger partial charge in [0.2, 0.25) is 0 Å². The monoisotopic (exact) mass is 278 g/mol. The van der Waals surface area contributed by atoms with Gasteiger partial charge in [-0.15, -0.1) is 0 Å². The molecule has 0 saturated carbocycles. The predicted molar refractivity (Wildman–Crippen MR) is 83.0 cm³/mol. The highest BCUT2D eigenvalue weighted by Crippen LogP contribution is 2.35. The van der Waals surface area contributed by atoms with E-state index in [1.807, 2.05) is 36.4 Å². The predicted octanol–water partition coefficient (Wildman–Crippen LogP) is 3.99. The van der Waals surface area contributed by atoms with Crippen LogP contribution in [-0.2, 0) is 22.4 Å². The second-order valence-corrected chi connectivity index (χ2v) is 5.46. The van der Waals surface area contributed by atoms with Crippen LogP contribution < -0.4 is 0 Å². The minimum atomic E-state index is -0.343. The van der Waals surface area contributed by atoms with Crippen LogP contribution in [0.5, 0.6) is 0 Å². The molecule has 0 aromatic heterocycles. The molecule has 0 spiro atoms. The van der Waals surface area contributed by atoms with Crippen molar-refractivity contribution < 1.29 is 9.53 Å². The van der Waals surface area contributed by atoms with Gasteiger partial charge in [-0.25, -0.2) is 4.79 Å². The normalized spacial score (nSPS) is 13.8. The maximum absolute atomic E-state index is 12.0. The van der Waals surface area contributed by atoms with Gasteiger partial charge in [0.15, 0.2) is 6.10 Å². The van der Waals surface area contributed by atoms with E-state index in [1.165, 1.54) is 11.1 Å². The molecule has 0 radical (unpaired) electrons. The van der Waals surface area contributed by atoms with Crippen molar-refractivity contribution in [2.24, 2.45) is 0 Å². The summed E-state index contributed by atoms with van der Waals surface area (Å²) in [6, 6.07) is 16.4. The molecule has 0 fully saturated rings. The molecule has 2 nitrogen and oxygen atoms in total. The number of benzene rings is 2. The van der Waals surface area contributed by atoms with Gasteiger partial charge in [-0.05, 0) is 30.9 Å². The van der Waals surface area contributed by atoms with Crippen molar-refractivity contribution in [1.82, 2.24) is 0 Å². The summed E-state index contributed by atoms with van der Waals surface area (Å²) < 4.78 is 5.75. The Kier molecular flexibility index (Phi) is 3.61. The molecule has 2 aromatic carbocycles. The van der Waals surface area contributed by atoms with Gasteiger partial charge in [-0.2, -0.15) is 0 Å². The van der Waals surface area contributed by atoms with Crippen LogP contribution in [0.1, 0.15) is 35.3 Å². The first-order valence-electron chi connectivity index (χ1n) is 7.19. The Morgan fingerprint density at radius 3 is 1.95 bits per heavy atom. The Labute approximate surface area is 125 Å². The third-order valence-corrected chi connectivity index (χ3v) is 3.91. The first-order valence-corrected chi connectivity index (χ1v) is 7.19. The molecule has 3 rings (SSSR count). The zero-order valence-electron chi connectivity index (χ0n) is 12.1. The lowest BCUT2D eigenvalue weighted by Gasteiger charge is -2.20. The van der Waals surface area contributed by atoms with E-state index in [4.69, 9.17) is 4.74 Å². The molecule has 1 aliphatic rings. The Bertz CT molecular complexity index is 653. The van der Waals surface area contributed by atoms with Gasteiger partial charge in [0.1, 0.15) is 0 Å². The summed E-state index contributed by atoms with van der Waals surface area (Å²) in [6.07, 6.45) is 1.59. The fourth-order valence-corrected chi connectivity index (χ4v) is 2.81. The summed E-state index contributed by atoms with van der Waals surface area (Å²) >= 11 is 0. The van der Waals surface area contributed by atoms with E-state index in [1.54, 1.807) is 6.92 Å². The largest absolute Gasteiger partial charge is 0.449 e. The number of ether oxygens (including phenoxy) is 1. The maximum atomic E-state index is 12.0. The minimum Gasteiger partial charge on any atom is -0.449 e. The van der Waals surface area contributed by atoms with E-state index >= 15 is 0 Å². The highest BCUT2D eigenvalue weighted by atomic mass is 16.5. The average molecular weight is 278 g/mol. The Balaban J connectivity index is 2.11. The zero-order valence-corrected chi connectivity index (χ0v) is 12.1. The van der Waals surface area contributed by atoms with Crippen LogP contribution in [0.25, 0.3) is 0 Å². The first kappa shape index (κ1) is 13.6. The lowest BCUT2D eigenvalue weighted by atomic mass is 9.97. The highest BCUT2D eigenvalue weighted by Gasteiger charge is 2.26. The van der Waals surface area contributed by atoms with Crippen LogP contribution in [0.3, 0.4) is 0 Å². The van der Waals surface area contributed by atoms with Gasteiger partial charge < -0.3 is 4.74 Å². The molecule has 0 bridgehead atoms. The molecule has 0 saturated heterocycles. The number of carbonyl (C=O) groups is 1. The van der Waals surface area contributed by atoms with Crippen LogP contribution in [0.4, 0.5) is 0 Å². The lowest BCUT2D eigenvalue weighted by molar-refractivity contribution is -0.142. The highest BCUT2D eigenvalue weighted by molar-refractivity contribution is 5.87. The fraction of sp³-hybridized carbons (Fsp3) is 0.211. The quantitative estimate of drug-likeness (QED) is 0.613. The number of esters is 1. The van der Waals surface area contributed by atoms with Crippen molar-refractivity contribution in [1.29, 1.82) is 0 Å². The third-order valence-electron chi connectivity index (χ3n) is 3.91. The van der Waals surface area contributed by atoms with E-state index in [0.717, 1.165) is 24.0 Å². The van der Waals surface area contributed by atoms with Crippen molar-refractivity contribution >= 4 is 5.97 Å². The van der Waals surface area contributed by atoms with E-state index in [2.05, 4.69) is 18.7 Å². The molecule has 1 aliphatic carbocycles. The van der Waals surface area contributed by atoms with Crippen LogP contribution in [0, 0.1) is 0 Å². The molecule has 2 heteroatoms. The molecular formula is C19H18O2. The van der Waals surface area contributed by atoms with E-state index < -0.39 is 0 Å². The second kappa shape index (κ2) is 5.57. The molecule has 2 aromatic rings. The van der Waals surface area contributed by atoms with Crippen molar-refractivity contribution in [2.45, 2.75) is 25.9 Å². The Morgan fingerprint density at radius 2 is 1.48 bits per heavy atom. The average Bonchev–Trinajstić information content (AvgIpc) is 2.65. The Morgan fingerprint density at radius 1 is 1.00 bits per heavy atom. The lowest BCUT2D eigenvalue weighted by Crippen LogP contribution is -2.14. The van der Waals surface area contributed by atoms with Gasteiger partial charge in [0, 0.05) is 16.7 Å². The number of fused-ring (bicyclic) bond motifs is 2. The van der Waals surface area contributed by atoms with Crippen molar-refractivity contribution in [2.75, 3.05) is 0 Å². The third kappa shape index (κ3) is 2.62. The van der Waals surface area contributed by atoms with E-state index in [9.17, 15) is 4.79 Å². The van der Waals surface area contributed by atoms with Crippen LogP contribution in [0.2, 0.25) is 0 Å². The molecule has 0 atom stereocenters. The zero-order chi connectivity index (χ0) is 14.8. The smallest absolute Gasteiger partial charge is 0.334 e. The summed E-state index contributed by atoms with van der Waals surface area (Å²) in [5, 5.41) is 0. The summed E-state index contributed by atoms with van der Waals surface area (Å²) in [7, 11) is 0. The number of aryl methyl sites for hydroxylation is 2. The van der Waals surface area contributed by atoms with Gasteiger partial charge in [-0.1, -0.05) is 55.1 Å². The van der Waals surface area contributed by atoms with E-state index in [-0.39, 0.29) is 12.1 Å². The number of hydrogen-bond acceptors (Lipinski definition) is 2. The topological polar surface area (TPSA) is 26.3 Å². The van der Waals surface area contributed by atoms with Crippen LogP contribution in [0.15, 0.2) is 60.7 Å². The summed E-state index contributed by atoms with van der Waals surface area (Å²) in [6.45, 7) is 5.36. The van der Waals surface area contributed by atoms with Gasteiger partial charge in [0.05, 0.1) is 0 Å². The summed E-state index contributed by atoms with van der Waals surface area (Å²) in [5.74, 6) is -0.341. The molecule has 0 aliphatic heterocycles. The first-order chi connectivity index (χ1) is 10.2. The Hall–Kier alpha value is -2.35. The molecule has 0 N–H and O–H groups in total. The number of hydrogen-bond donors (Lipinski definition) is 0. The molecule has 0 unspecified atom stereocenters. The summed E-state index contributed by atoms with van der Waals surface area (Å²) in [5.41, 5.74) is 5.07. The van der Waals surface area contributed by atoms with Crippen molar-refractivity contribution in [3.8, 4) is 0 Å². The second-order valence-electron chi connectivity index (χ2n) is 5.46. The molecule has 0 heterocycles. The van der Waals surface area contributed by atoms with E-state index in [0.29, 0.717) is 5.57 Å². The van der Waals surface area contributed by atoms with Crippen molar-refractivity contribution in [3.05, 3.63) is 82.9 Å². The SMILES string of the molecule is C=C(C)C(=O)OC1c2ccccc2CCc2ccccc21. The molecule has 106 valence electrons. The van der Waals surface area contributed by atoms with Crippen molar-refractivity contribution in [3.63, 3.8) is 0 Å². The maximum Gasteiger partial charge on any atom is 0.334 e.